The van der Waals surface area contributed by atoms with Gasteiger partial charge in [0.05, 0.1) is 5.52 Å². The van der Waals surface area contributed by atoms with Gasteiger partial charge >= 0.3 is 0 Å². The van der Waals surface area contributed by atoms with E-state index >= 15 is 0 Å². The molecule has 0 spiro atoms. The van der Waals surface area contributed by atoms with Gasteiger partial charge < -0.3 is 0 Å². The summed E-state index contributed by atoms with van der Waals surface area (Å²) in [7, 11) is 0. The Hall–Kier alpha value is -0.900. The van der Waals surface area contributed by atoms with E-state index in [9.17, 15) is 0 Å². The fourth-order valence-corrected chi connectivity index (χ4v) is 2.38. The van der Waals surface area contributed by atoms with Crippen molar-refractivity contribution >= 4 is 21.4 Å². The Bertz CT molecular complexity index is 473. The van der Waals surface area contributed by atoms with E-state index in [0.29, 0.717) is 5.92 Å². The van der Waals surface area contributed by atoms with Crippen LogP contribution in [-0.4, -0.2) is 14.4 Å². The molecule has 0 bridgehead atoms. The van der Waals surface area contributed by atoms with Crippen LogP contribution in [0.25, 0.3) is 5.52 Å². The van der Waals surface area contributed by atoms with E-state index in [1.807, 2.05) is 12.4 Å². The summed E-state index contributed by atoms with van der Waals surface area (Å²) in [5, 5.41) is 0. The van der Waals surface area contributed by atoms with Gasteiger partial charge in [-0.1, -0.05) is 6.42 Å². The van der Waals surface area contributed by atoms with E-state index in [0.717, 1.165) is 15.9 Å². The zero-order chi connectivity index (χ0) is 9.54. The minimum atomic E-state index is 0.637. The molecule has 0 radical (unpaired) electrons. The number of hydrogen-bond acceptors (Lipinski definition) is 2. The maximum Gasteiger partial charge on any atom is 0.132 e. The van der Waals surface area contributed by atoms with Crippen LogP contribution in [-0.2, 0) is 0 Å². The van der Waals surface area contributed by atoms with Crippen molar-refractivity contribution < 1.29 is 0 Å². The quantitative estimate of drug-likeness (QED) is 0.781. The van der Waals surface area contributed by atoms with Crippen LogP contribution in [0.15, 0.2) is 23.2 Å². The molecule has 72 valence electrons. The van der Waals surface area contributed by atoms with Crippen molar-refractivity contribution in [2.75, 3.05) is 0 Å². The Morgan fingerprint density at radius 2 is 2.29 bits per heavy atom. The van der Waals surface area contributed by atoms with E-state index in [4.69, 9.17) is 0 Å². The third-order valence-electron chi connectivity index (χ3n) is 2.90. The number of aromatic nitrogens is 3. The second-order valence-electron chi connectivity index (χ2n) is 3.72. The zero-order valence-electron chi connectivity index (χ0n) is 7.65. The molecule has 2 aromatic rings. The first-order chi connectivity index (χ1) is 6.86. The number of halogens is 1. The molecule has 2 aromatic heterocycles. The molecule has 2 heterocycles. The zero-order valence-corrected chi connectivity index (χ0v) is 9.24. The summed E-state index contributed by atoms with van der Waals surface area (Å²) < 4.78 is 3.02. The van der Waals surface area contributed by atoms with Crippen LogP contribution in [0.3, 0.4) is 0 Å². The third kappa shape index (κ3) is 1.10. The molecule has 4 heteroatoms. The SMILES string of the molecule is Brc1nc(C2CCC2)n2cnccc12. The summed E-state index contributed by atoms with van der Waals surface area (Å²) >= 11 is 3.48. The van der Waals surface area contributed by atoms with Crippen LogP contribution in [0.1, 0.15) is 31.0 Å². The van der Waals surface area contributed by atoms with E-state index < -0.39 is 0 Å². The molecule has 0 N–H and O–H groups in total. The van der Waals surface area contributed by atoms with Gasteiger partial charge in [-0.25, -0.2) is 9.97 Å². The summed E-state index contributed by atoms with van der Waals surface area (Å²) in [6.45, 7) is 0. The number of nitrogens with zero attached hydrogens (tertiary/aromatic N) is 3. The van der Waals surface area contributed by atoms with Gasteiger partial charge in [0, 0.05) is 12.1 Å². The average Bonchev–Trinajstić information content (AvgIpc) is 2.43. The van der Waals surface area contributed by atoms with Gasteiger partial charge in [0.2, 0.25) is 0 Å². The minimum Gasteiger partial charge on any atom is -0.286 e. The lowest BCUT2D eigenvalue weighted by Crippen LogP contribution is -2.12. The Labute approximate surface area is 90.3 Å². The minimum absolute atomic E-state index is 0.637. The van der Waals surface area contributed by atoms with Gasteiger partial charge in [-0.2, -0.15) is 0 Å². The van der Waals surface area contributed by atoms with Crippen molar-refractivity contribution in [3.63, 3.8) is 0 Å². The largest absolute Gasteiger partial charge is 0.286 e. The standard InChI is InChI=1S/C10H10BrN3/c11-9-8-4-5-12-6-14(8)10(13-9)7-2-1-3-7/h4-7H,1-3H2. The van der Waals surface area contributed by atoms with Crippen molar-refractivity contribution in [1.29, 1.82) is 0 Å². The van der Waals surface area contributed by atoms with Crippen molar-refractivity contribution in [3.05, 3.63) is 29.0 Å². The lowest BCUT2D eigenvalue weighted by atomic mass is 9.85. The molecule has 0 saturated heterocycles. The number of fused-ring (bicyclic) bond motifs is 1. The molecular formula is C10H10BrN3. The molecule has 3 nitrogen and oxygen atoms in total. The van der Waals surface area contributed by atoms with E-state index in [2.05, 4.69) is 30.3 Å². The lowest BCUT2D eigenvalue weighted by Gasteiger charge is -2.23. The average molecular weight is 252 g/mol. The first kappa shape index (κ1) is 8.41. The molecule has 1 fully saturated rings. The van der Waals surface area contributed by atoms with Crippen molar-refractivity contribution in [2.24, 2.45) is 0 Å². The third-order valence-corrected chi connectivity index (χ3v) is 3.48. The van der Waals surface area contributed by atoms with Gasteiger partial charge in [0.1, 0.15) is 16.8 Å². The second kappa shape index (κ2) is 3.05. The van der Waals surface area contributed by atoms with Crippen molar-refractivity contribution in [2.45, 2.75) is 25.2 Å². The first-order valence-electron chi connectivity index (χ1n) is 4.84. The fraction of sp³-hybridized carbons (Fsp3) is 0.400. The number of rotatable bonds is 1. The van der Waals surface area contributed by atoms with Crippen LogP contribution < -0.4 is 0 Å². The van der Waals surface area contributed by atoms with E-state index in [-0.39, 0.29) is 0 Å². The highest BCUT2D eigenvalue weighted by molar-refractivity contribution is 9.10. The molecule has 0 amide bonds. The fourth-order valence-electron chi connectivity index (χ4n) is 1.88. The maximum atomic E-state index is 4.55. The van der Waals surface area contributed by atoms with E-state index in [1.54, 1.807) is 6.20 Å². The molecule has 1 saturated carbocycles. The van der Waals surface area contributed by atoms with Crippen LogP contribution in [0.2, 0.25) is 0 Å². The number of imidazole rings is 1. The molecule has 0 atom stereocenters. The van der Waals surface area contributed by atoms with Crippen molar-refractivity contribution in [1.82, 2.24) is 14.4 Å². The molecule has 1 aliphatic carbocycles. The Morgan fingerprint density at radius 3 is 3.00 bits per heavy atom. The highest BCUT2D eigenvalue weighted by atomic mass is 79.9. The Kier molecular flexibility index (Phi) is 1.83. The Balaban J connectivity index is 2.23. The first-order valence-corrected chi connectivity index (χ1v) is 5.63. The van der Waals surface area contributed by atoms with Gasteiger partial charge in [0.15, 0.2) is 0 Å². The van der Waals surface area contributed by atoms with Crippen LogP contribution in [0.4, 0.5) is 0 Å². The molecular weight excluding hydrogens is 242 g/mol. The predicted molar refractivity (Wildman–Crippen MR) is 57.3 cm³/mol. The molecule has 0 aliphatic heterocycles. The molecule has 0 aromatic carbocycles. The Morgan fingerprint density at radius 1 is 1.43 bits per heavy atom. The lowest BCUT2D eigenvalue weighted by molar-refractivity contribution is 0.400. The van der Waals surface area contributed by atoms with Crippen molar-refractivity contribution in [3.8, 4) is 0 Å². The van der Waals surface area contributed by atoms with Gasteiger partial charge in [-0.3, -0.25) is 4.40 Å². The molecule has 3 rings (SSSR count). The summed E-state index contributed by atoms with van der Waals surface area (Å²) in [5.41, 5.74) is 1.11. The molecule has 14 heavy (non-hydrogen) atoms. The summed E-state index contributed by atoms with van der Waals surface area (Å²) in [4.78, 5) is 8.68. The predicted octanol–water partition coefficient (Wildman–Crippen LogP) is 2.76. The second-order valence-corrected chi connectivity index (χ2v) is 4.48. The normalized spacial score (nSPS) is 17.2. The molecule has 0 unspecified atom stereocenters. The topological polar surface area (TPSA) is 30.2 Å². The maximum absolute atomic E-state index is 4.55. The van der Waals surface area contributed by atoms with Crippen LogP contribution in [0.5, 0.6) is 0 Å². The van der Waals surface area contributed by atoms with Crippen LogP contribution >= 0.6 is 15.9 Å². The van der Waals surface area contributed by atoms with Crippen LogP contribution in [0, 0.1) is 0 Å². The highest BCUT2D eigenvalue weighted by Crippen LogP contribution is 2.37. The molecule has 1 aliphatic rings. The monoisotopic (exact) mass is 251 g/mol. The van der Waals surface area contributed by atoms with Gasteiger partial charge in [-0.05, 0) is 34.8 Å². The smallest absolute Gasteiger partial charge is 0.132 e. The summed E-state index contributed by atoms with van der Waals surface area (Å²) in [5.74, 6) is 1.80. The van der Waals surface area contributed by atoms with Gasteiger partial charge in [0.25, 0.3) is 0 Å². The number of hydrogen-bond donors (Lipinski definition) is 0. The summed E-state index contributed by atoms with van der Waals surface area (Å²) in [6, 6.07) is 1.99. The van der Waals surface area contributed by atoms with E-state index in [1.165, 1.54) is 19.3 Å². The van der Waals surface area contributed by atoms with Gasteiger partial charge in [-0.15, -0.1) is 0 Å². The highest BCUT2D eigenvalue weighted by Gasteiger charge is 2.24. The summed E-state index contributed by atoms with van der Waals surface area (Å²) in [6.07, 6.45) is 7.51.